The largest absolute Gasteiger partial charge is 0.477 e. The Morgan fingerprint density at radius 2 is 2.00 bits per heavy atom. The van der Waals surface area contributed by atoms with E-state index < -0.39 is 5.97 Å². The summed E-state index contributed by atoms with van der Waals surface area (Å²) in [6, 6.07) is 0.275. The first-order chi connectivity index (χ1) is 8.02. The van der Waals surface area contributed by atoms with Crippen molar-refractivity contribution in [3.8, 4) is 0 Å². The number of rotatable bonds is 2. The lowest BCUT2D eigenvalue weighted by Gasteiger charge is -2.36. The molecular weight excluding hydrogens is 216 g/mol. The number of carboxylic acid groups (broad SMARTS) is 1. The molecule has 0 bridgehead atoms. The summed E-state index contributed by atoms with van der Waals surface area (Å²) >= 11 is 0. The van der Waals surface area contributed by atoms with E-state index in [9.17, 15) is 9.90 Å². The maximum absolute atomic E-state index is 11.2. The number of nitrogens with zero attached hydrogens (tertiary/aromatic N) is 2. The molecule has 0 amide bonds. The number of aromatic carboxylic acids is 1. The van der Waals surface area contributed by atoms with Crippen LogP contribution in [0.3, 0.4) is 0 Å². The number of hydrogen-bond acceptors (Lipinski definition) is 2. The van der Waals surface area contributed by atoms with Gasteiger partial charge in [-0.25, -0.2) is 9.78 Å². The first-order valence-corrected chi connectivity index (χ1v) is 6.29. The van der Waals surface area contributed by atoms with Crippen molar-refractivity contribution < 1.29 is 9.90 Å². The highest BCUT2D eigenvalue weighted by molar-refractivity contribution is 5.85. The van der Waals surface area contributed by atoms with Crippen LogP contribution in [0.5, 0.6) is 0 Å². The zero-order valence-electron chi connectivity index (χ0n) is 10.7. The highest BCUT2D eigenvalue weighted by Gasteiger charge is 2.32. The lowest BCUT2D eigenvalue weighted by Crippen LogP contribution is -2.30. The maximum Gasteiger partial charge on any atom is 0.354 e. The Labute approximate surface area is 102 Å². The molecule has 17 heavy (non-hydrogen) atoms. The van der Waals surface area contributed by atoms with E-state index in [4.69, 9.17) is 0 Å². The molecule has 1 aliphatic rings. The second kappa shape index (κ2) is 4.51. The number of imidazole rings is 1. The fraction of sp³-hybridized carbons (Fsp3) is 0.692. The van der Waals surface area contributed by atoms with Crippen LogP contribution in [0, 0.1) is 18.8 Å². The first-order valence-electron chi connectivity index (χ1n) is 6.29. The van der Waals surface area contributed by atoms with E-state index >= 15 is 0 Å². The Bertz CT molecular complexity index is 415. The maximum atomic E-state index is 11.2. The minimum atomic E-state index is -0.879. The highest BCUT2D eigenvalue weighted by Crippen LogP contribution is 2.39. The Morgan fingerprint density at radius 1 is 1.41 bits per heavy atom. The molecule has 2 unspecified atom stereocenters. The Hall–Kier alpha value is -1.32. The molecule has 1 aromatic rings. The molecule has 1 saturated carbocycles. The third-order valence-electron chi connectivity index (χ3n) is 3.98. The second-order valence-corrected chi connectivity index (χ2v) is 5.24. The molecule has 0 saturated heterocycles. The third-order valence-corrected chi connectivity index (χ3v) is 3.98. The van der Waals surface area contributed by atoms with E-state index in [1.165, 1.54) is 25.5 Å². The molecule has 94 valence electrons. The molecule has 1 fully saturated rings. The van der Waals surface area contributed by atoms with Crippen molar-refractivity contribution in [2.45, 2.75) is 46.1 Å². The Kier molecular flexibility index (Phi) is 3.22. The molecule has 0 spiro atoms. The quantitative estimate of drug-likeness (QED) is 0.859. The molecule has 1 aliphatic carbocycles. The van der Waals surface area contributed by atoms with Crippen LogP contribution in [0.4, 0.5) is 0 Å². The van der Waals surface area contributed by atoms with Gasteiger partial charge in [-0.2, -0.15) is 0 Å². The van der Waals surface area contributed by atoms with Crippen molar-refractivity contribution >= 4 is 5.97 Å². The fourth-order valence-corrected chi connectivity index (χ4v) is 3.16. The highest BCUT2D eigenvalue weighted by atomic mass is 16.4. The molecular formula is C13H20N2O2. The normalized spacial score (nSPS) is 29.2. The van der Waals surface area contributed by atoms with E-state index in [2.05, 4.69) is 18.8 Å². The van der Waals surface area contributed by atoms with Gasteiger partial charge < -0.3 is 9.67 Å². The monoisotopic (exact) mass is 236 g/mol. The number of aryl methyl sites for hydroxylation is 1. The van der Waals surface area contributed by atoms with Crippen molar-refractivity contribution in [2.75, 3.05) is 0 Å². The summed E-state index contributed by atoms with van der Waals surface area (Å²) in [5, 5.41) is 9.22. The molecule has 0 aromatic carbocycles. The van der Waals surface area contributed by atoms with Crippen LogP contribution in [0.1, 0.15) is 55.5 Å². The zero-order valence-corrected chi connectivity index (χ0v) is 10.7. The van der Waals surface area contributed by atoms with Crippen molar-refractivity contribution in [1.82, 2.24) is 9.55 Å². The summed E-state index contributed by atoms with van der Waals surface area (Å²) in [6.07, 6.45) is 5.07. The summed E-state index contributed by atoms with van der Waals surface area (Å²) in [5.74, 6) is 0.970. The molecule has 2 rings (SSSR count). The molecule has 4 heteroatoms. The van der Waals surface area contributed by atoms with E-state index in [1.54, 1.807) is 0 Å². The van der Waals surface area contributed by atoms with Gasteiger partial charge in [0.05, 0.1) is 6.20 Å². The molecule has 1 N–H and O–H groups in total. The van der Waals surface area contributed by atoms with Crippen molar-refractivity contribution in [2.24, 2.45) is 11.8 Å². The van der Waals surface area contributed by atoms with Gasteiger partial charge in [0.25, 0.3) is 0 Å². The van der Waals surface area contributed by atoms with E-state index in [1.807, 2.05) is 11.5 Å². The predicted molar refractivity (Wildman–Crippen MR) is 65.1 cm³/mol. The van der Waals surface area contributed by atoms with Gasteiger partial charge in [0.2, 0.25) is 0 Å². The molecule has 1 heterocycles. The number of carboxylic acids is 1. The van der Waals surface area contributed by atoms with Crippen molar-refractivity contribution in [3.63, 3.8) is 0 Å². The van der Waals surface area contributed by atoms with Gasteiger partial charge in [-0.05, 0) is 31.6 Å². The average molecular weight is 236 g/mol. The minimum absolute atomic E-state index is 0.275. The summed E-state index contributed by atoms with van der Waals surface area (Å²) in [7, 11) is 0. The molecule has 1 aromatic heterocycles. The Morgan fingerprint density at radius 3 is 2.53 bits per heavy atom. The molecule has 0 aliphatic heterocycles. The molecule has 2 atom stereocenters. The fourth-order valence-electron chi connectivity index (χ4n) is 3.16. The standard InChI is InChI=1S/C13H20N2O2/c1-8-5-4-6-9(2)12(8)15-10(3)14-7-11(15)13(16)17/h7-9,12H,4-6H2,1-3H3,(H,16,17). The van der Waals surface area contributed by atoms with Crippen LogP contribution < -0.4 is 0 Å². The third kappa shape index (κ3) is 2.08. The lowest BCUT2D eigenvalue weighted by atomic mass is 9.78. The number of carbonyl (C=O) groups is 1. The van der Waals surface area contributed by atoms with Crippen LogP contribution in [-0.4, -0.2) is 20.6 Å². The topological polar surface area (TPSA) is 55.1 Å². The predicted octanol–water partition coefficient (Wildman–Crippen LogP) is 2.89. The molecule has 4 nitrogen and oxygen atoms in total. The van der Waals surface area contributed by atoms with Gasteiger partial charge >= 0.3 is 5.97 Å². The Balaban J connectivity index is 2.44. The summed E-state index contributed by atoms with van der Waals surface area (Å²) < 4.78 is 1.93. The van der Waals surface area contributed by atoms with Crippen molar-refractivity contribution in [3.05, 3.63) is 17.7 Å². The summed E-state index contributed by atoms with van der Waals surface area (Å²) in [4.78, 5) is 15.4. The summed E-state index contributed by atoms with van der Waals surface area (Å²) in [5.41, 5.74) is 0.327. The average Bonchev–Trinajstić information content (AvgIpc) is 2.61. The van der Waals surface area contributed by atoms with Crippen LogP contribution in [0.25, 0.3) is 0 Å². The van der Waals surface area contributed by atoms with E-state index in [0.717, 1.165) is 5.82 Å². The van der Waals surface area contributed by atoms with E-state index in [-0.39, 0.29) is 6.04 Å². The smallest absolute Gasteiger partial charge is 0.354 e. The number of hydrogen-bond donors (Lipinski definition) is 1. The van der Waals surface area contributed by atoms with Gasteiger partial charge in [0, 0.05) is 6.04 Å². The lowest BCUT2D eigenvalue weighted by molar-refractivity contribution is 0.0671. The van der Waals surface area contributed by atoms with Gasteiger partial charge in [-0.15, -0.1) is 0 Å². The minimum Gasteiger partial charge on any atom is -0.477 e. The first kappa shape index (κ1) is 12.1. The SMILES string of the molecule is Cc1ncc(C(=O)O)n1C1C(C)CCCC1C. The van der Waals surface area contributed by atoms with Crippen LogP contribution >= 0.6 is 0 Å². The van der Waals surface area contributed by atoms with Gasteiger partial charge in [-0.3, -0.25) is 0 Å². The van der Waals surface area contributed by atoms with Crippen LogP contribution in [0.2, 0.25) is 0 Å². The summed E-state index contributed by atoms with van der Waals surface area (Å²) in [6.45, 7) is 6.32. The van der Waals surface area contributed by atoms with Crippen LogP contribution in [-0.2, 0) is 0 Å². The zero-order chi connectivity index (χ0) is 12.6. The van der Waals surface area contributed by atoms with Gasteiger partial charge in [-0.1, -0.05) is 20.3 Å². The number of aromatic nitrogens is 2. The second-order valence-electron chi connectivity index (χ2n) is 5.24. The van der Waals surface area contributed by atoms with Gasteiger partial charge in [0.1, 0.15) is 11.5 Å². The van der Waals surface area contributed by atoms with Crippen molar-refractivity contribution in [1.29, 1.82) is 0 Å². The molecule has 0 radical (unpaired) electrons. The van der Waals surface area contributed by atoms with Gasteiger partial charge in [0.15, 0.2) is 0 Å². The van der Waals surface area contributed by atoms with Crippen LogP contribution in [0.15, 0.2) is 6.20 Å². The van der Waals surface area contributed by atoms with E-state index in [0.29, 0.717) is 17.5 Å².